The van der Waals surface area contributed by atoms with E-state index in [0.717, 1.165) is 103 Å². The molecule has 3 N–H and O–H groups in total. The number of aromatic carboxylic acids is 1. The summed E-state index contributed by atoms with van der Waals surface area (Å²) in [5, 5.41) is 22.1. The fraction of sp³-hybridized carbons (Fsp3) is 0.421. The fourth-order valence-electron chi connectivity index (χ4n) is 12.1. The molecule has 2 saturated heterocycles. The second-order valence-electron chi connectivity index (χ2n) is 20.7. The number of hydrogen-bond acceptors (Lipinski definition) is 12. The molecule has 0 bridgehead atoms. The lowest BCUT2D eigenvalue weighted by atomic mass is 9.83. The topological polar surface area (TPSA) is 175 Å². The molecule has 3 aromatic heterocycles. The third-order valence-corrected chi connectivity index (χ3v) is 16.9. The molecule has 6 heterocycles. The van der Waals surface area contributed by atoms with Crippen molar-refractivity contribution in [1.82, 2.24) is 30.0 Å². The number of carbonyl (C=O) groups is 4. The third kappa shape index (κ3) is 10.5. The Balaban J connectivity index is 0.680. The van der Waals surface area contributed by atoms with Crippen molar-refractivity contribution in [2.45, 2.75) is 88.8 Å². The highest BCUT2D eigenvalue weighted by Crippen LogP contribution is 2.46. The minimum absolute atomic E-state index is 0.158. The van der Waals surface area contributed by atoms with Gasteiger partial charge >= 0.3 is 12.1 Å². The molecule has 76 heavy (non-hydrogen) atoms. The number of aromatic nitrogens is 4. The van der Waals surface area contributed by atoms with Crippen LogP contribution in [-0.2, 0) is 27.6 Å². The maximum atomic E-state index is 15.2. The number of nitrogens with zero attached hydrogens (tertiary/aromatic N) is 7. The molecule has 19 heteroatoms. The van der Waals surface area contributed by atoms with Gasteiger partial charge in [0.15, 0.2) is 10.8 Å². The van der Waals surface area contributed by atoms with Crippen LogP contribution in [0.4, 0.5) is 29.8 Å². The van der Waals surface area contributed by atoms with Crippen molar-refractivity contribution in [2.24, 2.45) is 18.9 Å². The van der Waals surface area contributed by atoms with Gasteiger partial charge in [-0.05, 0) is 111 Å². The lowest BCUT2D eigenvalue weighted by Gasteiger charge is -2.36. The lowest BCUT2D eigenvalue weighted by Crippen LogP contribution is -2.46. The van der Waals surface area contributed by atoms with Crippen LogP contribution in [0.25, 0.3) is 32.2 Å². The molecule has 2 aliphatic carbocycles. The van der Waals surface area contributed by atoms with Crippen LogP contribution in [0.15, 0.2) is 96.1 Å². The number of ether oxygens (including phenoxy) is 1. The highest BCUT2D eigenvalue weighted by Gasteiger charge is 2.40. The van der Waals surface area contributed by atoms with Crippen molar-refractivity contribution >= 4 is 72.8 Å². The van der Waals surface area contributed by atoms with Crippen molar-refractivity contribution in [3.05, 3.63) is 113 Å². The van der Waals surface area contributed by atoms with Gasteiger partial charge in [-0.3, -0.25) is 29.3 Å². The second-order valence-corrected chi connectivity index (χ2v) is 21.7. The van der Waals surface area contributed by atoms with Crippen LogP contribution in [-0.4, -0.2) is 105 Å². The average molecular weight is 1060 g/mol. The average Bonchev–Trinajstić information content (AvgIpc) is 4.00. The van der Waals surface area contributed by atoms with Crippen molar-refractivity contribution in [2.75, 3.05) is 60.9 Å². The van der Waals surface area contributed by atoms with E-state index in [4.69, 9.17) is 9.84 Å². The number of allylic oxidation sites excluding steroid dienone is 2. The molecule has 1 unspecified atom stereocenters. The number of aryl methyl sites for hydroxylation is 1. The van der Waals surface area contributed by atoms with Crippen LogP contribution < -0.4 is 25.2 Å². The van der Waals surface area contributed by atoms with E-state index in [9.17, 15) is 24.3 Å². The van der Waals surface area contributed by atoms with E-state index in [-0.39, 0.29) is 34.6 Å². The van der Waals surface area contributed by atoms with E-state index >= 15 is 13.2 Å². The number of imide groups is 1. The molecule has 11 rings (SSSR count). The molecule has 0 spiro atoms. The largest absolute Gasteiger partial charge is 0.490 e. The number of fused-ring (bicyclic) bond motifs is 2. The zero-order valence-electron chi connectivity index (χ0n) is 42.3. The molecule has 5 aliphatic rings. The van der Waals surface area contributed by atoms with Gasteiger partial charge in [-0.25, -0.2) is 14.8 Å². The summed E-state index contributed by atoms with van der Waals surface area (Å²) >= 11 is 1.40. The van der Waals surface area contributed by atoms with Crippen molar-refractivity contribution in [1.29, 1.82) is 0 Å². The van der Waals surface area contributed by atoms with Crippen LogP contribution in [0.1, 0.15) is 98.3 Å². The van der Waals surface area contributed by atoms with Gasteiger partial charge in [0.25, 0.3) is 0 Å². The number of unbranched alkanes of at least 4 members (excludes halogenated alkanes) is 1. The summed E-state index contributed by atoms with van der Waals surface area (Å²) in [7, 11) is 1.91. The summed E-state index contributed by atoms with van der Waals surface area (Å²) in [5.74, 6) is -2.69. The zero-order valence-corrected chi connectivity index (χ0v) is 43.1. The first kappa shape index (κ1) is 51.0. The first-order chi connectivity index (χ1) is 36.7. The number of anilines is 3. The Morgan fingerprint density at radius 1 is 0.868 bits per heavy atom. The van der Waals surface area contributed by atoms with Crippen LogP contribution >= 0.6 is 11.3 Å². The Morgan fingerprint density at radius 3 is 2.45 bits per heavy atom. The Morgan fingerprint density at radius 2 is 1.67 bits per heavy atom. The quantitative estimate of drug-likeness (QED) is 0.0697. The standard InChI is InChI=1S/C57H60F3N9O6S/c1-66-52-40(50(65-66)41-23-25-48(70)63-54(41)72)13-7-15-44(52)68-31-29-67(30-32-68)27-5-4-9-34-18-20-36(21-19-34)75-45-16-8-11-37(49(45)57(58,59)60)38-22-24-47(62-51(38)55(73)74)69-28-26-35-10-6-12-39(42(35)33-69)53(71)64-56-61-43-14-2-3-17-46(43)76-56/h2-3,6-8,10-11,13-17,22,24,34,36,39,41H,4-5,9,12,18-21,23,25-33H2,1H3,(H,73,74)(H,61,64,71)(H,63,70,72)/t34?,36?,39-,41?/m0/s1. The number of carbonyl (C=O) groups excluding carboxylic acids is 3. The van der Waals surface area contributed by atoms with E-state index < -0.39 is 41.3 Å². The normalized spacial score (nSPS) is 21.5. The predicted molar refractivity (Wildman–Crippen MR) is 286 cm³/mol. The van der Waals surface area contributed by atoms with Crippen LogP contribution in [0.5, 0.6) is 5.75 Å². The van der Waals surface area contributed by atoms with E-state index in [0.29, 0.717) is 74.2 Å². The molecule has 2 atom stereocenters. The molecule has 15 nitrogen and oxygen atoms in total. The fourth-order valence-corrected chi connectivity index (χ4v) is 12.9. The van der Waals surface area contributed by atoms with Crippen LogP contribution in [0.2, 0.25) is 0 Å². The molecule has 3 aromatic carbocycles. The molecule has 6 aromatic rings. The maximum Gasteiger partial charge on any atom is 0.420 e. The van der Waals surface area contributed by atoms with Gasteiger partial charge < -0.3 is 25.0 Å². The molecule has 3 aliphatic heterocycles. The van der Waals surface area contributed by atoms with Crippen molar-refractivity contribution < 1.29 is 42.2 Å². The van der Waals surface area contributed by atoms with E-state index in [1.54, 1.807) is 6.07 Å². The van der Waals surface area contributed by atoms with E-state index in [1.165, 1.54) is 35.6 Å². The smallest absolute Gasteiger partial charge is 0.420 e. The number of halogens is 3. The number of thiazole rings is 1. The molecule has 1 saturated carbocycles. The number of nitrogens with one attached hydrogen (secondary N) is 2. The number of alkyl halides is 3. The lowest BCUT2D eigenvalue weighted by molar-refractivity contribution is -0.139. The molecule has 396 valence electrons. The zero-order chi connectivity index (χ0) is 52.7. The Bertz CT molecular complexity index is 3250. The van der Waals surface area contributed by atoms with E-state index in [2.05, 4.69) is 36.5 Å². The van der Waals surface area contributed by atoms with Gasteiger partial charge in [0.05, 0.1) is 45.1 Å². The monoisotopic (exact) mass is 1060 g/mol. The summed E-state index contributed by atoms with van der Waals surface area (Å²) in [5.41, 5.74) is 3.52. The van der Waals surface area contributed by atoms with Gasteiger partial charge in [0.1, 0.15) is 17.1 Å². The summed E-state index contributed by atoms with van der Waals surface area (Å²) in [6, 6.07) is 20.8. The van der Waals surface area contributed by atoms with Gasteiger partial charge in [-0.15, -0.1) is 0 Å². The molecule has 3 amide bonds. The highest BCUT2D eigenvalue weighted by molar-refractivity contribution is 7.22. The number of piperidine rings is 1. The number of para-hydroxylation sites is 2. The first-order valence-corrected chi connectivity index (χ1v) is 27.3. The molecule has 3 fully saturated rings. The van der Waals surface area contributed by atoms with Crippen LogP contribution in [0.3, 0.4) is 0 Å². The number of carboxylic acids is 1. The van der Waals surface area contributed by atoms with Gasteiger partial charge in [-0.2, -0.15) is 18.3 Å². The SMILES string of the molecule is Cn1nc(C2CCC(=O)NC2=O)c2cccc(N3CCN(CCCCC4CCC(Oc5cccc(-c6ccc(N7CCC8=C(C7)[C@@H](C(=O)Nc7nc9ccccc9s7)CC=C8)nc6C(=O)O)c5C(F)(F)F)CC4)CC3)c21. The maximum absolute atomic E-state index is 15.2. The number of carboxylic acid groups (broad SMARTS) is 1. The molecular formula is C57H60F3N9O6S. The Labute approximate surface area is 441 Å². The number of amides is 3. The number of pyridine rings is 1. The Kier molecular flexibility index (Phi) is 14.4. The number of benzene rings is 3. The minimum Gasteiger partial charge on any atom is -0.490 e. The van der Waals surface area contributed by atoms with E-state index in [1.807, 2.05) is 65.2 Å². The van der Waals surface area contributed by atoms with Gasteiger partial charge in [-0.1, -0.05) is 72.7 Å². The third-order valence-electron chi connectivity index (χ3n) is 16.0. The van der Waals surface area contributed by atoms with Gasteiger partial charge in [0.2, 0.25) is 17.7 Å². The molecule has 0 radical (unpaired) electrons. The minimum atomic E-state index is -4.86. The number of hydrogen-bond donors (Lipinski definition) is 3. The summed E-state index contributed by atoms with van der Waals surface area (Å²) in [6.45, 7) is 5.33. The van der Waals surface area contributed by atoms with Crippen molar-refractivity contribution in [3.63, 3.8) is 0 Å². The Hall–Kier alpha value is -7.12. The summed E-state index contributed by atoms with van der Waals surface area (Å²) in [4.78, 5) is 66.9. The summed E-state index contributed by atoms with van der Waals surface area (Å²) < 4.78 is 54.6. The number of piperazine rings is 1. The van der Waals surface area contributed by atoms with Gasteiger partial charge in [0, 0.05) is 69.3 Å². The highest BCUT2D eigenvalue weighted by atomic mass is 32.1. The molecular weight excluding hydrogens is 996 g/mol. The predicted octanol–water partition coefficient (Wildman–Crippen LogP) is 10.1. The van der Waals surface area contributed by atoms with Crippen LogP contribution in [0, 0.1) is 11.8 Å². The number of rotatable bonds is 14. The first-order valence-electron chi connectivity index (χ1n) is 26.4. The van der Waals surface area contributed by atoms with Crippen molar-refractivity contribution in [3.8, 4) is 16.9 Å². The second kappa shape index (κ2) is 21.5. The summed E-state index contributed by atoms with van der Waals surface area (Å²) in [6.07, 6.45) is 6.65.